The van der Waals surface area contributed by atoms with Crippen molar-refractivity contribution in [3.63, 3.8) is 0 Å². The third-order valence-electron chi connectivity index (χ3n) is 6.75. The minimum atomic E-state index is -0.635. The van der Waals surface area contributed by atoms with Crippen LogP contribution in [-0.2, 0) is 29.0 Å². The van der Waals surface area contributed by atoms with Crippen LogP contribution in [0.3, 0.4) is 0 Å². The van der Waals surface area contributed by atoms with Crippen LogP contribution in [0, 0.1) is 6.92 Å². The number of nitrogens with zero attached hydrogens (tertiary/aromatic N) is 1. The lowest BCUT2D eigenvalue weighted by Crippen LogP contribution is -2.52. The van der Waals surface area contributed by atoms with Crippen LogP contribution in [0.1, 0.15) is 47.9 Å². The first-order chi connectivity index (χ1) is 17.4. The van der Waals surface area contributed by atoms with Crippen LogP contribution in [-0.4, -0.2) is 28.8 Å². The van der Waals surface area contributed by atoms with Gasteiger partial charge in [-0.15, -0.1) is 0 Å². The van der Waals surface area contributed by atoms with Gasteiger partial charge in [-0.1, -0.05) is 102 Å². The molecule has 0 aromatic heterocycles. The number of rotatable bonds is 9. The van der Waals surface area contributed by atoms with Crippen molar-refractivity contribution >= 4 is 35.0 Å². The Hall–Kier alpha value is -2.82. The number of amides is 2. The molecule has 188 valence electrons. The van der Waals surface area contributed by atoms with Crippen molar-refractivity contribution in [1.29, 1.82) is 0 Å². The molecular weight excluding hydrogens is 491 g/mol. The Morgan fingerprint density at radius 2 is 1.61 bits per heavy atom. The van der Waals surface area contributed by atoms with Crippen molar-refractivity contribution in [2.75, 3.05) is 0 Å². The number of benzene rings is 3. The minimum Gasteiger partial charge on any atom is -0.352 e. The second kappa shape index (κ2) is 12.4. The van der Waals surface area contributed by atoms with Gasteiger partial charge in [0.2, 0.25) is 11.8 Å². The monoisotopic (exact) mass is 522 g/mol. The van der Waals surface area contributed by atoms with Crippen LogP contribution in [0.25, 0.3) is 0 Å². The van der Waals surface area contributed by atoms with Crippen molar-refractivity contribution in [3.05, 3.63) is 105 Å². The zero-order valence-corrected chi connectivity index (χ0v) is 22.1. The smallest absolute Gasteiger partial charge is 0.243 e. The summed E-state index contributed by atoms with van der Waals surface area (Å²) in [5.41, 5.74) is 3.88. The van der Waals surface area contributed by atoms with E-state index in [0.29, 0.717) is 23.0 Å². The molecule has 36 heavy (non-hydrogen) atoms. The third kappa shape index (κ3) is 7.11. The van der Waals surface area contributed by atoms with Crippen LogP contribution in [0.4, 0.5) is 0 Å². The van der Waals surface area contributed by atoms with E-state index in [1.807, 2.05) is 61.5 Å². The predicted molar refractivity (Wildman–Crippen MR) is 146 cm³/mol. The molecule has 0 heterocycles. The highest BCUT2D eigenvalue weighted by atomic mass is 35.5. The average molecular weight is 524 g/mol. The number of carbonyl (C=O) groups excluding carboxylic acids is 2. The van der Waals surface area contributed by atoms with E-state index in [1.54, 1.807) is 17.0 Å². The van der Waals surface area contributed by atoms with E-state index >= 15 is 0 Å². The maximum absolute atomic E-state index is 13.8. The second-order valence-corrected chi connectivity index (χ2v) is 10.4. The quantitative estimate of drug-likeness (QED) is 0.346. The zero-order chi connectivity index (χ0) is 25.5. The standard InChI is InChI=1S/C30H32Cl2N2O2/c1-21-8-7-11-24(16-21)20-34(29(35)19-23-14-15-26(31)27(32)17-23)28(18-22-9-3-2-4-10-22)30(36)33-25-12-5-6-13-25/h2-4,7-11,14-17,25,28H,5-6,12-13,18-20H2,1H3,(H,33,36)/t28-/m0/s1. The molecule has 0 aliphatic heterocycles. The van der Waals surface area contributed by atoms with Crippen molar-refractivity contribution < 1.29 is 9.59 Å². The number of hydrogen-bond acceptors (Lipinski definition) is 2. The molecule has 1 N–H and O–H groups in total. The van der Waals surface area contributed by atoms with Gasteiger partial charge in [-0.3, -0.25) is 9.59 Å². The molecule has 0 saturated heterocycles. The van der Waals surface area contributed by atoms with E-state index < -0.39 is 6.04 Å². The minimum absolute atomic E-state index is 0.0964. The van der Waals surface area contributed by atoms with Gasteiger partial charge in [0, 0.05) is 19.0 Å². The molecule has 4 nitrogen and oxygen atoms in total. The molecular formula is C30H32Cl2N2O2. The van der Waals surface area contributed by atoms with E-state index in [4.69, 9.17) is 23.2 Å². The SMILES string of the molecule is Cc1cccc(CN(C(=O)Cc2ccc(Cl)c(Cl)c2)[C@@H](Cc2ccccc2)C(=O)NC2CCCC2)c1. The van der Waals surface area contributed by atoms with Crippen molar-refractivity contribution in [3.8, 4) is 0 Å². The molecule has 1 atom stereocenters. The van der Waals surface area contributed by atoms with Crippen molar-refractivity contribution in [2.45, 2.75) is 64.1 Å². The van der Waals surface area contributed by atoms with Crippen molar-refractivity contribution in [2.24, 2.45) is 0 Å². The Morgan fingerprint density at radius 1 is 0.889 bits per heavy atom. The second-order valence-electron chi connectivity index (χ2n) is 9.63. The normalized spacial score (nSPS) is 14.4. The Labute approximate surface area is 223 Å². The predicted octanol–water partition coefficient (Wildman–Crippen LogP) is 6.54. The largest absolute Gasteiger partial charge is 0.352 e. The molecule has 4 rings (SSSR count). The summed E-state index contributed by atoms with van der Waals surface area (Å²) in [6.45, 7) is 2.37. The lowest BCUT2D eigenvalue weighted by Gasteiger charge is -2.32. The number of aryl methyl sites for hydroxylation is 1. The molecule has 1 aliphatic rings. The summed E-state index contributed by atoms with van der Waals surface area (Å²) in [4.78, 5) is 29.3. The molecule has 1 saturated carbocycles. The molecule has 3 aromatic rings. The first-order valence-corrected chi connectivity index (χ1v) is 13.3. The first kappa shape index (κ1) is 26.2. The van der Waals surface area contributed by atoms with E-state index in [2.05, 4.69) is 11.4 Å². The van der Waals surface area contributed by atoms with Gasteiger partial charge in [0.15, 0.2) is 0 Å². The highest BCUT2D eigenvalue weighted by Crippen LogP contribution is 2.24. The molecule has 1 fully saturated rings. The summed E-state index contributed by atoms with van der Waals surface area (Å²) in [5, 5.41) is 4.10. The van der Waals surface area contributed by atoms with E-state index in [9.17, 15) is 9.59 Å². The van der Waals surface area contributed by atoms with Crippen LogP contribution in [0.2, 0.25) is 10.0 Å². The Balaban J connectivity index is 1.66. The van der Waals surface area contributed by atoms with E-state index in [-0.39, 0.29) is 24.3 Å². The fourth-order valence-corrected chi connectivity index (χ4v) is 5.18. The summed E-state index contributed by atoms with van der Waals surface area (Å²) in [7, 11) is 0. The van der Waals surface area contributed by atoms with Gasteiger partial charge in [0.25, 0.3) is 0 Å². The summed E-state index contributed by atoms with van der Waals surface area (Å²) in [5.74, 6) is -0.224. The van der Waals surface area contributed by atoms with Crippen LogP contribution >= 0.6 is 23.2 Å². The molecule has 0 unspecified atom stereocenters. The fourth-order valence-electron chi connectivity index (χ4n) is 4.85. The summed E-state index contributed by atoms with van der Waals surface area (Å²) < 4.78 is 0. The highest BCUT2D eigenvalue weighted by Gasteiger charge is 2.32. The molecule has 0 spiro atoms. The Bertz CT molecular complexity index is 1190. The maximum atomic E-state index is 13.8. The number of nitrogens with one attached hydrogen (secondary N) is 1. The van der Waals surface area contributed by atoms with E-state index in [0.717, 1.165) is 47.9 Å². The number of hydrogen-bond donors (Lipinski definition) is 1. The van der Waals surface area contributed by atoms with E-state index in [1.165, 1.54) is 0 Å². The van der Waals surface area contributed by atoms with Gasteiger partial charge in [-0.05, 0) is 48.6 Å². The van der Waals surface area contributed by atoms with Gasteiger partial charge in [-0.25, -0.2) is 0 Å². The van der Waals surface area contributed by atoms with Crippen molar-refractivity contribution in [1.82, 2.24) is 10.2 Å². The molecule has 6 heteroatoms. The summed E-state index contributed by atoms with van der Waals surface area (Å²) in [6.07, 6.45) is 4.79. The van der Waals surface area contributed by atoms with Crippen LogP contribution < -0.4 is 5.32 Å². The van der Waals surface area contributed by atoms with Gasteiger partial charge in [0.1, 0.15) is 6.04 Å². The Morgan fingerprint density at radius 3 is 2.31 bits per heavy atom. The molecule has 2 amide bonds. The number of halogens is 2. The van der Waals surface area contributed by atoms with Gasteiger partial charge in [-0.2, -0.15) is 0 Å². The topological polar surface area (TPSA) is 49.4 Å². The summed E-state index contributed by atoms with van der Waals surface area (Å²) in [6, 6.07) is 22.7. The van der Waals surface area contributed by atoms with Crippen LogP contribution in [0.15, 0.2) is 72.8 Å². The van der Waals surface area contributed by atoms with Gasteiger partial charge < -0.3 is 10.2 Å². The molecule has 0 bridgehead atoms. The Kier molecular flexibility index (Phi) is 9.06. The lowest BCUT2D eigenvalue weighted by atomic mass is 10.0. The number of carbonyl (C=O) groups is 2. The highest BCUT2D eigenvalue weighted by molar-refractivity contribution is 6.42. The lowest BCUT2D eigenvalue weighted by molar-refractivity contribution is -0.141. The first-order valence-electron chi connectivity index (χ1n) is 12.5. The molecule has 3 aromatic carbocycles. The average Bonchev–Trinajstić information content (AvgIpc) is 3.37. The molecule has 0 radical (unpaired) electrons. The third-order valence-corrected chi connectivity index (χ3v) is 7.49. The van der Waals surface area contributed by atoms with Gasteiger partial charge >= 0.3 is 0 Å². The summed E-state index contributed by atoms with van der Waals surface area (Å²) >= 11 is 12.3. The maximum Gasteiger partial charge on any atom is 0.243 e. The molecule has 1 aliphatic carbocycles. The van der Waals surface area contributed by atoms with Crippen LogP contribution in [0.5, 0.6) is 0 Å². The zero-order valence-electron chi connectivity index (χ0n) is 20.6. The fraction of sp³-hybridized carbons (Fsp3) is 0.333. The van der Waals surface area contributed by atoms with Gasteiger partial charge in [0.05, 0.1) is 16.5 Å².